The molecular formula is C14H16F3N3. The van der Waals surface area contributed by atoms with Crippen LogP contribution in [0.3, 0.4) is 0 Å². The Bertz CT molecular complexity index is 511. The molecule has 2 rings (SSSR count). The standard InChI is InChI=1S/C14H16F3N3/c15-14(16,17)12-1-2-13(11(7-12)9-19)20-5-3-10(8-18)4-6-20/h1-2,7,10H,3-6,8,18H2. The molecule has 1 saturated heterocycles. The van der Waals surface area contributed by atoms with Gasteiger partial charge in [0.1, 0.15) is 6.07 Å². The molecule has 1 aromatic rings. The first-order chi connectivity index (χ1) is 9.45. The highest BCUT2D eigenvalue weighted by molar-refractivity contribution is 5.61. The van der Waals surface area contributed by atoms with Crippen molar-refractivity contribution in [2.75, 3.05) is 24.5 Å². The molecule has 0 aliphatic carbocycles. The molecule has 1 aliphatic heterocycles. The van der Waals surface area contributed by atoms with E-state index < -0.39 is 11.7 Å². The average molecular weight is 283 g/mol. The molecule has 1 fully saturated rings. The number of nitriles is 1. The van der Waals surface area contributed by atoms with Gasteiger partial charge in [0.2, 0.25) is 0 Å². The van der Waals surface area contributed by atoms with Crippen LogP contribution in [0.1, 0.15) is 24.0 Å². The lowest BCUT2D eigenvalue weighted by atomic mass is 9.96. The van der Waals surface area contributed by atoms with Crippen molar-refractivity contribution in [3.05, 3.63) is 29.3 Å². The Kier molecular flexibility index (Phi) is 4.19. The van der Waals surface area contributed by atoms with Crippen LogP contribution >= 0.6 is 0 Å². The molecule has 0 saturated carbocycles. The van der Waals surface area contributed by atoms with E-state index in [0.29, 0.717) is 18.2 Å². The van der Waals surface area contributed by atoms with Crippen LogP contribution in [-0.4, -0.2) is 19.6 Å². The molecule has 1 aliphatic rings. The van der Waals surface area contributed by atoms with Crippen molar-refractivity contribution in [2.45, 2.75) is 19.0 Å². The minimum absolute atomic E-state index is 0.0750. The van der Waals surface area contributed by atoms with Gasteiger partial charge in [-0.2, -0.15) is 18.4 Å². The molecule has 0 amide bonds. The Hall–Kier alpha value is -1.74. The fourth-order valence-corrected chi connectivity index (χ4v) is 2.49. The maximum absolute atomic E-state index is 12.6. The number of halogens is 3. The monoisotopic (exact) mass is 283 g/mol. The molecule has 1 aromatic carbocycles. The number of alkyl halides is 3. The minimum atomic E-state index is -4.42. The third kappa shape index (κ3) is 3.05. The van der Waals surface area contributed by atoms with E-state index in [4.69, 9.17) is 11.0 Å². The number of hydrogen-bond acceptors (Lipinski definition) is 3. The molecule has 0 aromatic heterocycles. The second-order valence-electron chi connectivity index (χ2n) is 5.01. The van der Waals surface area contributed by atoms with Gasteiger partial charge < -0.3 is 10.6 Å². The molecule has 0 radical (unpaired) electrons. The number of nitrogens with two attached hydrogens (primary N) is 1. The van der Waals surface area contributed by atoms with E-state index in [2.05, 4.69) is 0 Å². The third-order valence-corrected chi connectivity index (χ3v) is 3.73. The first-order valence-corrected chi connectivity index (χ1v) is 6.52. The van der Waals surface area contributed by atoms with Crippen LogP contribution < -0.4 is 10.6 Å². The zero-order valence-corrected chi connectivity index (χ0v) is 11.0. The SMILES string of the molecule is N#Cc1cc(C(F)(F)F)ccc1N1CCC(CN)CC1. The number of nitrogens with zero attached hydrogens (tertiary/aromatic N) is 2. The smallest absolute Gasteiger partial charge is 0.370 e. The summed E-state index contributed by atoms with van der Waals surface area (Å²) in [6.07, 6.45) is -2.61. The Morgan fingerprint density at radius 2 is 1.95 bits per heavy atom. The largest absolute Gasteiger partial charge is 0.416 e. The van der Waals surface area contributed by atoms with Crippen molar-refractivity contribution in [2.24, 2.45) is 11.7 Å². The molecule has 108 valence electrons. The average Bonchev–Trinajstić information content (AvgIpc) is 2.45. The number of rotatable bonds is 2. The predicted molar refractivity (Wildman–Crippen MR) is 70.2 cm³/mol. The molecule has 3 nitrogen and oxygen atoms in total. The topological polar surface area (TPSA) is 53.0 Å². The van der Waals surface area contributed by atoms with E-state index in [0.717, 1.165) is 38.1 Å². The van der Waals surface area contributed by atoms with E-state index in [1.54, 1.807) is 0 Å². The normalized spacial score (nSPS) is 17.1. The van der Waals surface area contributed by atoms with Gasteiger partial charge in [0.05, 0.1) is 16.8 Å². The van der Waals surface area contributed by atoms with Crippen LogP contribution in [0.15, 0.2) is 18.2 Å². The first-order valence-electron chi connectivity index (χ1n) is 6.52. The zero-order valence-electron chi connectivity index (χ0n) is 11.0. The van der Waals surface area contributed by atoms with Crippen LogP contribution in [0.2, 0.25) is 0 Å². The minimum Gasteiger partial charge on any atom is -0.370 e. The second-order valence-corrected chi connectivity index (χ2v) is 5.01. The van der Waals surface area contributed by atoms with Crippen LogP contribution in [0, 0.1) is 17.2 Å². The second kappa shape index (κ2) is 5.71. The molecule has 0 spiro atoms. The summed E-state index contributed by atoms with van der Waals surface area (Å²) in [5, 5.41) is 9.07. The fraction of sp³-hybridized carbons (Fsp3) is 0.500. The van der Waals surface area contributed by atoms with Gasteiger partial charge in [0.15, 0.2) is 0 Å². The van der Waals surface area contributed by atoms with Gasteiger partial charge in [-0.3, -0.25) is 0 Å². The van der Waals surface area contributed by atoms with E-state index in [-0.39, 0.29) is 5.56 Å². The Morgan fingerprint density at radius 1 is 1.30 bits per heavy atom. The lowest BCUT2D eigenvalue weighted by Gasteiger charge is -2.33. The van der Waals surface area contributed by atoms with Gasteiger partial charge in [-0.25, -0.2) is 0 Å². The van der Waals surface area contributed by atoms with Gasteiger partial charge in [0, 0.05) is 13.1 Å². The van der Waals surface area contributed by atoms with Gasteiger partial charge in [-0.05, 0) is 43.5 Å². The molecule has 6 heteroatoms. The molecule has 20 heavy (non-hydrogen) atoms. The summed E-state index contributed by atoms with van der Waals surface area (Å²) < 4.78 is 37.9. The maximum Gasteiger partial charge on any atom is 0.416 e. The molecule has 0 bridgehead atoms. The van der Waals surface area contributed by atoms with E-state index in [9.17, 15) is 13.2 Å². The van der Waals surface area contributed by atoms with Crippen molar-refractivity contribution in [3.8, 4) is 6.07 Å². The van der Waals surface area contributed by atoms with Crippen molar-refractivity contribution in [3.63, 3.8) is 0 Å². The maximum atomic E-state index is 12.6. The Labute approximate surface area is 115 Å². The van der Waals surface area contributed by atoms with Gasteiger partial charge in [-0.1, -0.05) is 0 Å². The highest BCUT2D eigenvalue weighted by Crippen LogP contribution is 2.33. The molecule has 0 atom stereocenters. The van der Waals surface area contributed by atoms with Crippen LogP contribution in [0.4, 0.5) is 18.9 Å². The van der Waals surface area contributed by atoms with Gasteiger partial charge >= 0.3 is 6.18 Å². The van der Waals surface area contributed by atoms with Gasteiger partial charge in [0.25, 0.3) is 0 Å². The summed E-state index contributed by atoms with van der Waals surface area (Å²) in [5.74, 6) is 0.464. The summed E-state index contributed by atoms with van der Waals surface area (Å²) in [4.78, 5) is 1.96. The fourth-order valence-electron chi connectivity index (χ4n) is 2.49. The number of benzene rings is 1. The van der Waals surface area contributed by atoms with Crippen molar-refractivity contribution >= 4 is 5.69 Å². The highest BCUT2D eigenvalue weighted by atomic mass is 19.4. The Morgan fingerprint density at radius 3 is 2.45 bits per heavy atom. The summed E-state index contributed by atoms with van der Waals surface area (Å²) in [6.45, 7) is 2.08. The van der Waals surface area contributed by atoms with Crippen LogP contribution in [-0.2, 0) is 6.18 Å². The van der Waals surface area contributed by atoms with E-state index >= 15 is 0 Å². The summed E-state index contributed by atoms with van der Waals surface area (Å²) in [6, 6.07) is 5.21. The lowest BCUT2D eigenvalue weighted by Crippen LogP contribution is -2.36. The third-order valence-electron chi connectivity index (χ3n) is 3.73. The van der Waals surface area contributed by atoms with E-state index in [1.165, 1.54) is 6.07 Å². The Balaban J connectivity index is 2.23. The highest BCUT2D eigenvalue weighted by Gasteiger charge is 2.31. The molecular weight excluding hydrogens is 267 g/mol. The van der Waals surface area contributed by atoms with E-state index in [1.807, 2.05) is 11.0 Å². The van der Waals surface area contributed by atoms with Crippen molar-refractivity contribution in [1.82, 2.24) is 0 Å². The molecule has 0 unspecified atom stereocenters. The first kappa shape index (κ1) is 14.7. The predicted octanol–water partition coefficient (Wildman–Crippen LogP) is 2.75. The molecule has 1 heterocycles. The quantitative estimate of drug-likeness (QED) is 0.908. The number of anilines is 1. The summed E-state index contributed by atoms with van der Waals surface area (Å²) >= 11 is 0. The van der Waals surface area contributed by atoms with Crippen molar-refractivity contribution < 1.29 is 13.2 Å². The number of piperidine rings is 1. The van der Waals surface area contributed by atoms with Gasteiger partial charge in [-0.15, -0.1) is 0 Å². The summed E-state index contributed by atoms with van der Waals surface area (Å²) in [5.41, 5.74) is 5.49. The number of hydrogen-bond donors (Lipinski definition) is 1. The molecule has 2 N–H and O–H groups in total. The van der Waals surface area contributed by atoms with Crippen LogP contribution in [0.25, 0.3) is 0 Å². The zero-order chi connectivity index (χ0) is 14.8. The summed E-state index contributed by atoms with van der Waals surface area (Å²) in [7, 11) is 0. The lowest BCUT2D eigenvalue weighted by molar-refractivity contribution is -0.137. The van der Waals surface area contributed by atoms with Crippen molar-refractivity contribution in [1.29, 1.82) is 5.26 Å². The van der Waals surface area contributed by atoms with Crippen LogP contribution in [0.5, 0.6) is 0 Å².